The number of rotatable bonds is 35. The van der Waals surface area contributed by atoms with Gasteiger partial charge in [-0.1, -0.05) is 118 Å². The Balaban J connectivity index is 1.60. The average molecular weight is 776 g/mol. The van der Waals surface area contributed by atoms with Crippen LogP contribution in [0.4, 0.5) is 0 Å². The maximum Gasteiger partial charge on any atom is 0.306 e. The zero-order valence-corrected chi connectivity index (χ0v) is 37.5. The Morgan fingerprint density at radius 1 is 0.618 bits per heavy atom. The van der Waals surface area contributed by atoms with E-state index in [9.17, 15) is 14.4 Å². The van der Waals surface area contributed by atoms with Crippen LogP contribution in [0.25, 0.3) is 0 Å². The fourth-order valence-electron chi connectivity index (χ4n) is 9.07. The average Bonchev–Trinajstić information content (AvgIpc) is 3.11. The number of fused-ring (bicyclic) bond motifs is 1. The molecule has 0 aromatic rings. The lowest BCUT2D eigenvalue weighted by Crippen LogP contribution is -2.58. The van der Waals surface area contributed by atoms with E-state index in [1.54, 1.807) is 0 Å². The van der Waals surface area contributed by atoms with E-state index in [1.165, 1.54) is 70.6 Å². The Hall–Kier alpha value is -1.63. The van der Waals surface area contributed by atoms with E-state index in [1.807, 2.05) is 14.1 Å². The summed E-state index contributed by atoms with van der Waals surface area (Å²) in [6.07, 6.45) is 29.6. The Kier molecular flexibility index (Phi) is 25.1. The van der Waals surface area contributed by atoms with E-state index in [-0.39, 0.29) is 29.4 Å². The predicted molar refractivity (Wildman–Crippen MR) is 228 cm³/mol. The van der Waals surface area contributed by atoms with Crippen LogP contribution in [-0.2, 0) is 28.6 Å². The molecule has 4 unspecified atom stereocenters. The van der Waals surface area contributed by atoms with Crippen molar-refractivity contribution in [3.05, 3.63) is 0 Å². The molecule has 2 rings (SSSR count). The second kappa shape index (κ2) is 27.9. The number of carbonyl (C=O) groups is 3. The van der Waals surface area contributed by atoms with Crippen molar-refractivity contribution in [2.24, 2.45) is 29.1 Å². The van der Waals surface area contributed by atoms with E-state index in [0.29, 0.717) is 37.7 Å². The summed E-state index contributed by atoms with van der Waals surface area (Å²) in [5.41, 5.74) is -0.455. The highest BCUT2D eigenvalue weighted by atomic mass is 16.6. The molecule has 322 valence electrons. The molecule has 55 heavy (non-hydrogen) atoms. The second-order valence-corrected chi connectivity index (χ2v) is 19.0. The van der Waals surface area contributed by atoms with Crippen molar-refractivity contribution in [3.8, 4) is 0 Å². The van der Waals surface area contributed by atoms with Gasteiger partial charge >= 0.3 is 17.9 Å². The fourth-order valence-corrected chi connectivity index (χ4v) is 9.07. The van der Waals surface area contributed by atoms with Crippen LogP contribution in [0.2, 0.25) is 0 Å². The summed E-state index contributed by atoms with van der Waals surface area (Å²) >= 11 is 0. The summed E-state index contributed by atoms with van der Waals surface area (Å²) in [4.78, 5) is 40.0. The Labute approximate surface area is 339 Å². The van der Waals surface area contributed by atoms with Gasteiger partial charge in [-0.25, -0.2) is 0 Å². The molecule has 0 saturated heterocycles. The molecule has 0 aromatic carbocycles. The van der Waals surface area contributed by atoms with Gasteiger partial charge in [0, 0.05) is 24.7 Å². The van der Waals surface area contributed by atoms with Crippen molar-refractivity contribution >= 4 is 17.9 Å². The zero-order chi connectivity index (χ0) is 40.5. The Morgan fingerprint density at radius 3 is 1.65 bits per heavy atom. The summed E-state index contributed by atoms with van der Waals surface area (Å²) in [6.45, 7) is 14.8. The molecule has 2 fully saturated rings. The van der Waals surface area contributed by atoms with E-state index in [0.717, 1.165) is 108 Å². The van der Waals surface area contributed by atoms with Gasteiger partial charge in [-0.3, -0.25) is 14.4 Å². The van der Waals surface area contributed by atoms with Crippen LogP contribution in [0, 0.1) is 29.1 Å². The van der Waals surface area contributed by atoms with Gasteiger partial charge in [-0.05, 0) is 129 Å². The Bertz CT molecular complexity index is 1030. The van der Waals surface area contributed by atoms with Crippen LogP contribution in [-0.4, -0.2) is 61.8 Å². The number of hydrogen-bond acceptors (Lipinski definition) is 7. The molecule has 0 aliphatic heterocycles. The number of hydrogen-bond donors (Lipinski definition) is 0. The van der Waals surface area contributed by atoms with Crippen LogP contribution in [0.1, 0.15) is 221 Å². The lowest BCUT2D eigenvalue weighted by atomic mass is 9.45. The van der Waals surface area contributed by atoms with Crippen LogP contribution in [0.3, 0.4) is 0 Å². The molecular weight excluding hydrogens is 687 g/mol. The molecule has 7 heteroatoms. The lowest BCUT2D eigenvalue weighted by Gasteiger charge is -2.61. The van der Waals surface area contributed by atoms with Gasteiger partial charge in [0.15, 0.2) is 0 Å². The lowest BCUT2D eigenvalue weighted by molar-refractivity contribution is -0.196. The van der Waals surface area contributed by atoms with Gasteiger partial charge in [-0.2, -0.15) is 0 Å². The minimum atomic E-state index is -0.452. The van der Waals surface area contributed by atoms with Gasteiger partial charge in [0.05, 0.1) is 6.61 Å². The number of esters is 3. The first-order chi connectivity index (χ1) is 26.3. The van der Waals surface area contributed by atoms with Crippen molar-refractivity contribution in [1.29, 1.82) is 0 Å². The summed E-state index contributed by atoms with van der Waals surface area (Å²) < 4.78 is 17.8. The third-order valence-corrected chi connectivity index (χ3v) is 13.7. The minimum absolute atomic E-state index is 0.00315. The first kappa shape index (κ1) is 49.5. The minimum Gasteiger partial charge on any atom is -0.466 e. The first-order valence-corrected chi connectivity index (χ1v) is 23.5. The number of ether oxygens (including phenoxy) is 3. The van der Waals surface area contributed by atoms with Gasteiger partial charge in [0.1, 0.15) is 11.7 Å². The highest BCUT2D eigenvalue weighted by Crippen LogP contribution is 2.62. The smallest absolute Gasteiger partial charge is 0.306 e. The van der Waals surface area contributed by atoms with Crippen molar-refractivity contribution in [1.82, 2.24) is 4.90 Å². The van der Waals surface area contributed by atoms with Gasteiger partial charge < -0.3 is 19.1 Å². The normalized spacial score (nSPS) is 18.8. The molecule has 0 aromatic heterocycles. The van der Waals surface area contributed by atoms with Crippen LogP contribution in [0.15, 0.2) is 0 Å². The predicted octanol–water partition coefficient (Wildman–Crippen LogP) is 12.8. The molecule has 2 saturated carbocycles. The SMILES string of the molecule is CCCCCC(CCCCC)CCOC(=O)CCCCCCCC(CCCCCCCC(=O)OC(C)(C)C(C)(C)C1CC2CCC21)OC(=O)CCCN(C)C. The van der Waals surface area contributed by atoms with Gasteiger partial charge in [-0.15, -0.1) is 0 Å². The van der Waals surface area contributed by atoms with E-state index in [2.05, 4.69) is 46.4 Å². The molecule has 2 aliphatic carbocycles. The third kappa shape index (κ3) is 20.1. The zero-order valence-electron chi connectivity index (χ0n) is 37.5. The summed E-state index contributed by atoms with van der Waals surface area (Å²) in [7, 11) is 4.06. The molecule has 0 heterocycles. The maximum atomic E-state index is 12.8. The standard InChI is InChI=1S/C48H89NO6/c1-9-11-19-26-39(27-20-12-10-2)35-37-53-44(50)30-23-17-13-15-21-28-41(54-45(51)32-25-36-49(7)8)29-22-16-14-18-24-31-46(52)55-48(5,6)47(3,4)43-38-40-33-34-42(40)43/h39-43H,9-38H2,1-8H3. The monoisotopic (exact) mass is 776 g/mol. The number of carbonyl (C=O) groups excluding carboxylic acids is 3. The maximum absolute atomic E-state index is 12.8. The van der Waals surface area contributed by atoms with E-state index in [4.69, 9.17) is 14.2 Å². The van der Waals surface area contributed by atoms with Crippen molar-refractivity contribution in [2.45, 2.75) is 233 Å². The molecular formula is C48H89NO6. The molecule has 0 radical (unpaired) electrons. The van der Waals surface area contributed by atoms with Crippen LogP contribution >= 0.6 is 0 Å². The highest BCUT2D eigenvalue weighted by Gasteiger charge is 2.58. The summed E-state index contributed by atoms with van der Waals surface area (Å²) in [5, 5.41) is 0. The molecule has 0 spiro atoms. The molecule has 0 bridgehead atoms. The second-order valence-electron chi connectivity index (χ2n) is 19.0. The van der Waals surface area contributed by atoms with Crippen molar-refractivity contribution in [3.63, 3.8) is 0 Å². The van der Waals surface area contributed by atoms with Crippen LogP contribution in [0.5, 0.6) is 0 Å². The van der Waals surface area contributed by atoms with E-state index < -0.39 is 5.60 Å². The quantitative estimate of drug-likeness (QED) is 0.0360. The molecule has 7 nitrogen and oxygen atoms in total. The Morgan fingerprint density at radius 2 is 1.15 bits per heavy atom. The number of nitrogens with zero attached hydrogens (tertiary/aromatic N) is 1. The summed E-state index contributed by atoms with van der Waals surface area (Å²) in [6, 6.07) is 0. The molecule has 4 atom stereocenters. The van der Waals surface area contributed by atoms with Crippen molar-refractivity contribution in [2.75, 3.05) is 27.2 Å². The van der Waals surface area contributed by atoms with Crippen LogP contribution < -0.4 is 0 Å². The summed E-state index contributed by atoms with van der Waals surface area (Å²) in [5.74, 6) is 2.97. The number of unbranched alkanes of at least 4 members (excludes halogenated alkanes) is 12. The van der Waals surface area contributed by atoms with Gasteiger partial charge in [0.2, 0.25) is 0 Å². The fraction of sp³-hybridized carbons (Fsp3) is 0.938. The molecule has 0 N–H and O–H groups in total. The van der Waals surface area contributed by atoms with E-state index >= 15 is 0 Å². The van der Waals surface area contributed by atoms with Gasteiger partial charge in [0.25, 0.3) is 0 Å². The topological polar surface area (TPSA) is 82.1 Å². The molecule has 2 aliphatic rings. The largest absolute Gasteiger partial charge is 0.466 e. The molecule has 0 amide bonds. The van der Waals surface area contributed by atoms with Crippen molar-refractivity contribution < 1.29 is 28.6 Å². The third-order valence-electron chi connectivity index (χ3n) is 13.7. The first-order valence-electron chi connectivity index (χ1n) is 23.5. The highest BCUT2D eigenvalue weighted by molar-refractivity contribution is 5.70.